The Kier molecular flexibility index (Phi) is 3.61. The van der Waals surface area contributed by atoms with Crippen LogP contribution >= 0.6 is 0 Å². The fourth-order valence-electron chi connectivity index (χ4n) is 2.27. The molecule has 18 heavy (non-hydrogen) atoms. The van der Waals surface area contributed by atoms with Crippen molar-refractivity contribution in [3.05, 3.63) is 0 Å². The van der Waals surface area contributed by atoms with Crippen LogP contribution in [0.3, 0.4) is 0 Å². The summed E-state index contributed by atoms with van der Waals surface area (Å²) in [5.74, 6) is -1.48. The number of fused-ring (bicyclic) bond motifs is 1. The zero-order chi connectivity index (χ0) is 13.5. The van der Waals surface area contributed by atoms with Gasteiger partial charge in [-0.3, -0.25) is 0 Å². The molecule has 2 saturated heterocycles. The predicted octanol–water partition coefficient (Wildman–Crippen LogP) is -0.588. The summed E-state index contributed by atoms with van der Waals surface area (Å²) in [6.07, 6.45) is -4.36. The third-order valence-corrected chi connectivity index (χ3v) is 3.02. The molecule has 0 saturated carbocycles. The Bertz CT molecular complexity index is 329. The van der Waals surface area contributed by atoms with Crippen molar-refractivity contribution in [1.82, 2.24) is 0 Å². The molecule has 7 nitrogen and oxygen atoms in total. The van der Waals surface area contributed by atoms with Gasteiger partial charge in [0, 0.05) is 7.11 Å². The van der Waals surface area contributed by atoms with E-state index in [0.717, 1.165) is 0 Å². The first-order chi connectivity index (χ1) is 8.39. The number of ether oxygens (including phenoxy) is 5. The third kappa shape index (κ3) is 2.24. The minimum Gasteiger partial charge on any atom is -0.467 e. The lowest BCUT2D eigenvalue weighted by molar-refractivity contribution is -0.269. The van der Waals surface area contributed by atoms with E-state index in [4.69, 9.17) is 18.9 Å². The van der Waals surface area contributed by atoms with Gasteiger partial charge in [-0.05, 0) is 13.8 Å². The van der Waals surface area contributed by atoms with E-state index < -0.39 is 42.5 Å². The number of carbonyl (C=O) groups excluding carboxylic acids is 1. The van der Waals surface area contributed by atoms with E-state index in [1.165, 1.54) is 14.2 Å². The molecule has 0 aromatic carbocycles. The molecule has 0 aromatic rings. The molecule has 2 aliphatic heterocycles. The number of hydrogen-bond acceptors (Lipinski definition) is 7. The van der Waals surface area contributed by atoms with E-state index in [-0.39, 0.29) is 0 Å². The van der Waals surface area contributed by atoms with Gasteiger partial charge in [0.2, 0.25) is 0 Å². The van der Waals surface area contributed by atoms with Gasteiger partial charge >= 0.3 is 5.97 Å². The molecule has 2 rings (SSSR count). The van der Waals surface area contributed by atoms with Crippen molar-refractivity contribution in [2.24, 2.45) is 0 Å². The maximum atomic E-state index is 11.7. The first kappa shape index (κ1) is 13.7. The van der Waals surface area contributed by atoms with Crippen LogP contribution in [0.15, 0.2) is 0 Å². The van der Waals surface area contributed by atoms with Gasteiger partial charge in [0.05, 0.1) is 7.11 Å². The van der Waals surface area contributed by atoms with Crippen LogP contribution in [0.1, 0.15) is 13.8 Å². The highest BCUT2D eigenvalue weighted by atomic mass is 16.8. The standard InChI is InChI=1S/C11H18O7/c1-11(2)17-6-5(12)10(15-4)16-8(7(6)18-11)9(13)14-3/h5-8,10,12H,1-4H3. The molecule has 1 N–H and O–H groups in total. The Hall–Kier alpha value is -0.730. The molecule has 0 amide bonds. The molecule has 7 heteroatoms. The quantitative estimate of drug-likeness (QED) is 0.666. The lowest BCUT2D eigenvalue weighted by Gasteiger charge is -2.37. The summed E-state index contributed by atoms with van der Waals surface area (Å²) in [4.78, 5) is 11.7. The van der Waals surface area contributed by atoms with Crippen molar-refractivity contribution in [1.29, 1.82) is 0 Å². The maximum Gasteiger partial charge on any atom is 0.337 e. The number of hydrogen-bond donors (Lipinski definition) is 1. The second-order valence-electron chi connectivity index (χ2n) is 4.74. The number of esters is 1. The van der Waals surface area contributed by atoms with Crippen LogP contribution in [0, 0.1) is 0 Å². The third-order valence-electron chi connectivity index (χ3n) is 3.02. The molecule has 2 heterocycles. The van der Waals surface area contributed by atoms with Gasteiger partial charge in [-0.2, -0.15) is 0 Å². The Labute approximate surface area is 105 Å². The summed E-state index contributed by atoms with van der Waals surface area (Å²) in [5.41, 5.74) is 0. The molecule has 0 aromatic heterocycles. The van der Waals surface area contributed by atoms with E-state index in [1.54, 1.807) is 13.8 Å². The van der Waals surface area contributed by atoms with Gasteiger partial charge < -0.3 is 28.8 Å². The van der Waals surface area contributed by atoms with Crippen LogP contribution in [-0.2, 0) is 28.5 Å². The Morgan fingerprint density at radius 3 is 2.39 bits per heavy atom. The van der Waals surface area contributed by atoms with Gasteiger partial charge in [0.15, 0.2) is 18.2 Å². The molecule has 104 valence electrons. The van der Waals surface area contributed by atoms with Crippen LogP contribution in [0.4, 0.5) is 0 Å². The number of aliphatic hydroxyl groups excluding tert-OH is 1. The summed E-state index contributed by atoms with van der Waals surface area (Å²) in [5, 5.41) is 10.0. The summed E-state index contributed by atoms with van der Waals surface area (Å²) in [6, 6.07) is 0. The SMILES string of the molecule is COC(=O)C1OC(OC)C(O)C2OC(C)(C)OC12. The second kappa shape index (κ2) is 4.75. The molecule has 0 radical (unpaired) electrons. The molecular weight excluding hydrogens is 244 g/mol. The minimum atomic E-state index is -1.03. The van der Waals surface area contributed by atoms with E-state index in [9.17, 15) is 9.90 Å². The van der Waals surface area contributed by atoms with Crippen molar-refractivity contribution in [2.45, 2.75) is 50.3 Å². The Balaban J connectivity index is 2.24. The summed E-state index contributed by atoms with van der Waals surface area (Å²) < 4.78 is 26.2. The molecule has 2 aliphatic rings. The normalized spacial score (nSPS) is 42.4. The smallest absolute Gasteiger partial charge is 0.337 e. The fourth-order valence-corrected chi connectivity index (χ4v) is 2.27. The summed E-state index contributed by atoms with van der Waals surface area (Å²) in [6.45, 7) is 3.41. The monoisotopic (exact) mass is 262 g/mol. The molecule has 0 bridgehead atoms. The predicted molar refractivity (Wildman–Crippen MR) is 57.5 cm³/mol. The highest BCUT2D eigenvalue weighted by molar-refractivity contribution is 5.75. The van der Waals surface area contributed by atoms with Crippen LogP contribution in [0.5, 0.6) is 0 Å². The Morgan fingerprint density at radius 2 is 1.83 bits per heavy atom. The van der Waals surface area contributed by atoms with Gasteiger partial charge in [0.25, 0.3) is 0 Å². The number of carbonyl (C=O) groups is 1. The minimum absolute atomic E-state index is 0.583. The van der Waals surface area contributed by atoms with Crippen LogP contribution in [0.25, 0.3) is 0 Å². The topological polar surface area (TPSA) is 83.5 Å². The van der Waals surface area contributed by atoms with Crippen molar-refractivity contribution in [3.8, 4) is 0 Å². The Morgan fingerprint density at radius 1 is 1.22 bits per heavy atom. The van der Waals surface area contributed by atoms with Gasteiger partial charge in [-0.15, -0.1) is 0 Å². The summed E-state index contributed by atoms with van der Waals surface area (Å²) in [7, 11) is 2.64. The van der Waals surface area contributed by atoms with Crippen molar-refractivity contribution in [2.75, 3.05) is 14.2 Å². The average molecular weight is 262 g/mol. The number of methoxy groups -OCH3 is 2. The molecule has 5 unspecified atom stereocenters. The van der Waals surface area contributed by atoms with Crippen molar-refractivity contribution >= 4 is 5.97 Å². The number of aliphatic hydroxyl groups is 1. The van der Waals surface area contributed by atoms with E-state index in [0.29, 0.717) is 0 Å². The van der Waals surface area contributed by atoms with E-state index >= 15 is 0 Å². The second-order valence-corrected chi connectivity index (χ2v) is 4.74. The van der Waals surface area contributed by atoms with Crippen LogP contribution in [0.2, 0.25) is 0 Å². The zero-order valence-corrected chi connectivity index (χ0v) is 10.8. The molecular formula is C11H18O7. The van der Waals surface area contributed by atoms with Crippen molar-refractivity contribution in [3.63, 3.8) is 0 Å². The molecule has 2 fully saturated rings. The zero-order valence-electron chi connectivity index (χ0n) is 10.8. The first-order valence-corrected chi connectivity index (χ1v) is 5.69. The maximum absolute atomic E-state index is 11.7. The van der Waals surface area contributed by atoms with Crippen LogP contribution in [-0.4, -0.2) is 61.8 Å². The lowest BCUT2D eigenvalue weighted by atomic mass is 9.99. The van der Waals surface area contributed by atoms with E-state index in [1.807, 2.05) is 0 Å². The molecule has 0 spiro atoms. The largest absolute Gasteiger partial charge is 0.467 e. The molecule has 0 aliphatic carbocycles. The lowest BCUT2D eigenvalue weighted by Crippen LogP contribution is -2.59. The number of rotatable bonds is 2. The summed E-state index contributed by atoms with van der Waals surface area (Å²) >= 11 is 0. The van der Waals surface area contributed by atoms with Crippen LogP contribution < -0.4 is 0 Å². The van der Waals surface area contributed by atoms with E-state index in [2.05, 4.69) is 4.74 Å². The van der Waals surface area contributed by atoms with Gasteiger partial charge in [0.1, 0.15) is 18.3 Å². The average Bonchev–Trinajstić information content (AvgIpc) is 2.65. The highest BCUT2D eigenvalue weighted by Crippen LogP contribution is 2.37. The van der Waals surface area contributed by atoms with Gasteiger partial charge in [-0.1, -0.05) is 0 Å². The molecule has 5 atom stereocenters. The first-order valence-electron chi connectivity index (χ1n) is 5.69. The van der Waals surface area contributed by atoms with Crippen molar-refractivity contribution < 1.29 is 33.6 Å². The van der Waals surface area contributed by atoms with Gasteiger partial charge in [-0.25, -0.2) is 4.79 Å². The fraction of sp³-hybridized carbons (Fsp3) is 0.909. The highest BCUT2D eigenvalue weighted by Gasteiger charge is 2.57.